The highest BCUT2D eigenvalue weighted by Gasteiger charge is 2.26. The summed E-state index contributed by atoms with van der Waals surface area (Å²) in [6.07, 6.45) is 38.7. The number of phosphoric ester groups is 1. The number of unbranched alkanes of at least 4 members (excludes halogenated alkanes) is 15. The molecule has 0 saturated carbocycles. The molecule has 0 heterocycles. The van der Waals surface area contributed by atoms with Crippen LogP contribution in [0.3, 0.4) is 0 Å². The van der Waals surface area contributed by atoms with Gasteiger partial charge in [-0.25, -0.2) is 4.57 Å². The fourth-order valence-electron chi connectivity index (χ4n) is 4.80. The standard InChI is InChI=1S/C37H69N2O6P/c1-3-5-7-9-11-13-15-17-19-21-23-25-27-29-31-37(41)39-35(34-45-46(42,43)44-33-32-38)36(40)30-28-26-24-22-20-18-16-14-12-10-8-6-4-2/h12,14-15,17,20,22,28,30,35-36,40H,3-11,13,16,18-19,21,23-27,29,31-34,38H2,1-2H3,(H,39,41)(H,42,43)/b14-12+,17-15-,22-20+,30-28+. The minimum atomic E-state index is -4.34. The van der Waals surface area contributed by atoms with E-state index in [1.165, 1.54) is 57.8 Å². The molecule has 0 bridgehead atoms. The predicted molar refractivity (Wildman–Crippen MR) is 194 cm³/mol. The molecule has 0 aromatic rings. The number of hydrogen-bond acceptors (Lipinski definition) is 6. The number of amides is 1. The summed E-state index contributed by atoms with van der Waals surface area (Å²) in [5, 5.41) is 13.5. The van der Waals surface area contributed by atoms with Gasteiger partial charge < -0.3 is 21.1 Å². The van der Waals surface area contributed by atoms with E-state index in [4.69, 9.17) is 14.8 Å². The van der Waals surface area contributed by atoms with Crippen molar-refractivity contribution in [2.45, 2.75) is 161 Å². The summed E-state index contributed by atoms with van der Waals surface area (Å²) in [6, 6.07) is -0.885. The molecule has 5 N–H and O–H groups in total. The summed E-state index contributed by atoms with van der Waals surface area (Å²) in [5.41, 5.74) is 5.34. The van der Waals surface area contributed by atoms with Gasteiger partial charge in [0.1, 0.15) is 0 Å². The Hall–Kier alpha value is -1.54. The molecule has 0 aromatic heterocycles. The van der Waals surface area contributed by atoms with E-state index in [0.29, 0.717) is 6.42 Å². The van der Waals surface area contributed by atoms with Crippen LogP contribution in [0, 0.1) is 0 Å². The fourth-order valence-corrected chi connectivity index (χ4v) is 5.56. The molecule has 0 fully saturated rings. The van der Waals surface area contributed by atoms with Crippen LogP contribution >= 0.6 is 7.82 Å². The maximum atomic E-state index is 12.7. The Kier molecular flexibility index (Phi) is 32.2. The Morgan fingerprint density at radius 1 is 0.696 bits per heavy atom. The van der Waals surface area contributed by atoms with Crippen LogP contribution in [0.15, 0.2) is 48.6 Å². The molecule has 0 aliphatic heterocycles. The van der Waals surface area contributed by atoms with E-state index in [0.717, 1.165) is 70.6 Å². The number of carbonyl (C=O) groups excluding carboxylic acids is 1. The highest BCUT2D eigenvalue weighted by Crippen LogP contribution is 2.43. The maximum Gasteiger partial charge on any atom is 0.472 e. The minimum absolute atomic E-state index is 0.0690. The first-order valence-electron chi connectivity index (χ1n) is 18.3. The summed E-state index contributed by atoms with van der Waals surface area (Å²) in [5.74, 6) is -0.221. The lowest BCUT2D eigenvalue weighted by atomic mass is 10.1. The molecule has 9 heteroatoms. The van der Waals surface area contributed by atoms with Crippen molar-refractivity contribution in [3.63, 3.8) is 0 Å². The van der Waals surface area contributed by atoms with Gasteiger partial charge in [0.25, 0.3) is 0 Å². The second-order valence-corrected chi connectivity index (χ2v) is 13.5. The van der Waals surface area contributed by atoms with Crippen molar-refractivity contribution in [2.75, 3.05) is 19.8 Å². The first kappa shape index (κ1) is 44.5. The lowest BCUT2D eigenvalue weighted by Crippen LogP contribution is -2.45. The summed E-state index contributed by atoms with van der Waals surface area (Å²) in [7, 11) is -4.34. The number of nitrogens with two attached hydrogens (primary N) is 1. The zero-order valence-electron chi connectivity index (χ0n) is 29.3. The molecule has 0 aliphatic carbocycles. The number of allylic oxidation sites excluding steroid dienone is 7. The summed E-state index contributed by atoms with van der Waals surface area (Å²) in [6.45, 7) is 4.02. The second-order valence-electron chi connectivity index (χ2n) is 12.1. The third-order valence-corrected chi connectivity index (χ3v) is 8.59. The van der Waals surface area contributed by atoms with E-state index in [1.807, 2.05) is 6.08 Å². The van der Waals surface area contributed by atoms with Crippen LogP contribution in [0.1, 0.15) is 149 Å². The normalized spacial score (nSPS) is 15.0. The number of aliphatic hydroxyl groups is 1. The number of nitrogens with one attached hydrogen (secondary N) is 1. The molecule has 3 atom stereocenters. The second kappa shape index (κ2) is 33.4. The van der Waals surface area contributed by atoms with Gasteiger partial charge in [0, 0.05) is 13.0 Å². The average Bonchev–Trinajstić information content (AvgIpc) is 3.04. The maximum absolute atomic E-state index is 12.7. The van der Waals surface area contributed by atoms with Crippen molar-refractivity contribution in [3.05, 3.63) is 48.6 Å². The summed E-state index contributed by atoms with van der Waals surface area (Å²) in [4.78, 5) is 22.5. The third kappa shape index (κ3) is 31.1. The van der Waals surface area contributed by atoms with Crippen LogP contribution in [-0.4, -0.2) is 47.8 Å². The van der Waals surface area contributed by atoms with Gasteiger partial charge in [-0.2, -0.15) is 0 Å². The fraction of sp³-hybridized carbons (Fsp3) is 0.757. The summed E-state index contributed by atoms with van der Waals surface area (Å²) >= 11 is 0. The molecule has 0 radical (unpaired) electrons. The molecule has 8 nitrogen and oxygen atoms in total. The van der Waals surface area contributed by atoms with Crippen LogP contribution < -0.4 is 11.1 Å². The highest BCUT2D eigenvalue weighted by molar-refractivity contribution is 7.47. The molecule has 0 aliphatic rings. The SMILES string of the molecule is CCCCC/C=C/CC/C=C/CC/C=C/C(O)C(COP(=O)(O)OCCN)NC(=O)CCCCCCC/C=C\CCCCCCC. The van der Waals surface area contributed by atoms with Gasteiger partial charge in [-0.3, -0.25) is 13.8 Å². The van der Waals surface area contributed by atoms with Crippen molar-refractivity contribution in [1.82, 2.24) is 5.32 Å². The Morgan fingerprint density at radius 2 is 1.15 bits per heavy atom. The van der Waals surface area contributed by atoms with Gasteiger partial charge in [0.2, 0.25) is 5.91 Å². The minimum Gasteiger partial charge on any atom is -0.387 e. The van der Waals surface area contributed by atoms with Crippen LogP contribution in [-0.2, 0) is 18.4 Å². The number of rotatable bonds is 33. The van der Waals surface area contributed by atoms with Crippen LogP contribution in [0.25, 0.3) is 0 Å². The Balaban J connectivity index is 4.44. The first-order valence-corrected chi connectivity index (χ1v) is 19.8. The van der Waals surface area contributed by atoms with E-state index in [9.17, 15) is 19.4 Å². The average molecular weight is 669 g/mol. The zero-order valence-corrected chi connectivity index (χ0v) is 30.2. The van der Waals surface area contributed by atoms with Crippen LogP contribution in [0.4, 0.5) is 0 Å². The van der Waals surface area contributed by atoms with E-state index in [-0.39, 0.29) is 25.7 Å². The third-order valence-electron chi connectivity index (χ3n) is 7.60. The molecule has 0 saturated heterocycles. The molecule has 3 unspecified atom stereocenters. The smallest absolute Gasteiger partial charge is 0.387 e. The van der Waals surface area contributed by atoms with Crippen molar-refractivity contribution < 1.29 is 28.4 Å². The zero-order chi connectivity index (χ0) is 34.0. The van der Waals surface area contributed by atoms with E-state index in [2.05, 4.69) is 55.6 Å². The molecular formula is C37H69N2O6P. The van der Waals surface area contributed by atoms with Crippen molar-refractivity contribution in [2.24, 2.45) is 5.73 Å². The van der Waals surface area contributed by atoms with Gasteiger partial charge in [0.15, 0.2) is 0 Å². The number of aliphatic hydroxyl groups excluding tert-OH is 1. The quantitative estimate of drug-likeness (QED) is 0.0311. The van der Waals surface area contributed by atoms with Crippen LogP contribution in [0.2, 0.25) is 0 Å². The molecule has 0 spiro atoms. The van der Waals surface area contributed by atoms with Crippen molar-refractivity contribution in [1.29, 1.82) is 0 Å². The van der Waals surface area contributed by atoms with Crippen molar-refractivity contribution in [3.8, 4) is 0 Å². The van der Waals surface area contributed by atoms with Gasteiger partial charge in [-0.15, -0.1) is 0 Å². The number of carbonyl (C=O) groups is 1. The lowest BCUT2D eigenvalue weighted by molar-refractivity contribution is -0.123. The predicted octanol–water partition coefficient (Wildman–Crippen LogP) is 9.38. The van der Waals surface area contributed by atoms with E-state index in [1.54, 1.807) is 6.08 Å². The van der Waals surface area contributed by atoms with Crippen molar-refractivity contribution >= 4 is 13.7 Å². The van der Waals surface area contributed by atoms with Gasteiger partial charge in [0.05, 0.1) is 25.4 Å². The monoisotopic (exact) mass is 668 g/mol. The Labute approximate surface area is 282 Å². The molecule has 46 heavy (non-hydrogen) atoms. The van der Waals surface area contributed by atoms with E-state index < -0.39 is 20.0 Å². The Morgan fingerprint density at radius 3 is 1.72 bits per heavy atom. The number of phosphoric acid groups is 1. The molecular weight excluding hydrogens is 599 g/mol. The molecule has 0 rings (SSSR count). The highest BCUT2D eigenvalue weighted by atomic mass is 31.2. The van der Waals surface area contributed by atoms with Gasteiger partial charge >= 0.3 is 7.82 Å². The van der Waals surface area contributed by atoms with Crippen LogP contribution in [0.5, 0.6) is 0 Å². The number of hydrogen-bond donors (Lipinski definition) is 4. The van der Waals surface area contributed by atoms with Gasteiger partial charge in [-0.05, 0) is 70.6 Å². The molecule has 268 valence electrons. The Bertz CT molecular complexity index is 861. The lowest BCUT2D eigenvalue weighted by Gasteiger charge is -2.23. The first-order chi connectivity index (χ1) is 22.4. The molecule has 1 amide bonds. The van der Waals surface area contributed by atoms with E-state index >= 15 is 0 Å². The molecule has 0 aromatic carbocycles. The summed E-state index contributed by atoms with van der Waals surface area (Å²) < 4.78 is 22.0. The van der Waals surface area contributed by atoms with Gasteiger partial charge in [-0.1, -0.05) is 120 Å². The largest absolute Gasteiger partial charge is 0.472 e. The topological polar surface area (TPSA) is 131 Å².